The fourth-order valence-electron chi connectivity index (χ4n) is 1.20. The van der Waals surface area contributed by atoms with Gasteiger partial charge >= 0.3 is 0 Å². The molecule has 0 aliphatic heterocycles. The molecule has 2 rings (SSSR count). The van der Waals surface area contributed by atoms with Gasteiger partial charge in [-0.15, -0.1) is 10.2 Å². The summed E-state index contributed by atoms with van der Waals surface area (Å²) in [5.41, 5.74) is 0.718. The molecule has 0 saturated heterocycles. The number of amides is 1. The number of thioether (sulfide) groups is 1. The van der Waals surface area contributed by atoms with Gasteiger partial charge in [0.25, 0.3) is 5.22 Å². The highest BCUT2D eigenvalue weighted by Gasteiger charge is 2.08. The minimum atomic E-state index is -0.123. The molecule has 0 fully saturated rings. The van der Waals surface area contributed by atoms with Crippen LogP contribution in [0.3, 0.4) is 0 Å². The van der Waals surface area contributed by atoms with Crippen molar-refractivity contribution in [3.05, 3.63) is 30.4 Å². The van der Waals surface area contributed by atoms with Crippen molar-refractivity contribution in [2.75, 3.05) is 11.1 Å². The number of carbonyl (C=O) groups excluding carboxylic acids is 1. The van der Waals surface area contributed by atoms with E-state index in [1.807, 2.05) is 6.92 Å². The number of rotatable bonds is 5. The van der Waals surface area contributed by atoms with Gasteiger partial charge in [-0.3, -0.25) is 9.78 Å². The Balaban J connectivity index is 1.81. The molecule has 0 aliphatic rings. The van der Waals surface area contributed by atoms with Crippen LogP contribution in [0.25, 0.3) is 0 Å². The highest BCUT2D eigenvalue weighted by molar-refractivity contribution is 7.99. The second-order valence-corrected chi connectivity index (χ2v) is 4.31. The predicted molar refractivity (Wildman–Crippen MR) is 67.3 cm³/mol. The Morgan fingerprint density at radius 1 is 1.39 bits per heavy atom. The van der Waals surface area contributed by atoms with E-state index in [4.69, 9.17) is 4.42 Å². The first-order chi connectivity index (χ1) is 8.78. The first-order valence-electron chi connectivity index (χ1n) is 5.43. The fourth-order valence-corrected chi connectivity index (χ4v) is 1.78. The van der Waals surface area contributed by atoms with Crippen LogP contribution < -0.4 is 5.32 Å². The molecular formula is C11H12N4O2S. The van der Waals surface area contributed by atoms with E-state index in [1.165, 1.54) is 11.8 Å². The number of hydrogen-bond donors (Lipinski definition) is 1. The lowest BCUT2D eigenvalue weighted by molar-refractivity contribution is -0.113. The van der Waals surface area contributed by atoms with E-state index >= 15 is 0 Å². The van der Waals surface area contributed by atoms with Crippen molar-refractivity contribution in [2.45, 2.75) is 18.6 Å². The summed E-state index contributed by atoms with van der Waals surface area (Å²) in [6.07, 6.45) is 3.93. The van der Waals surface area contributed by atoms with Gasteiger partial charge < -0.3 is 9.73 Å². The van der Waals surface area contributed by atoms with Gasteiger partial charge in [-0.1, -0.05) is 18.7 Å². The lowest BCUT2D eigenvalue weighted by Crippen LogP contribution is -2.13. The van der Waals surface area contributed by atoms with E-state index in [9.17, 15) is 4.79 Å². The van der Waals surface area contributed by atoms with Crippen LogP contribution in [0.4, 0.5) is 5.69 Å². The fraction of sp³-hybridized carbons (Fsp3) is 0.273. The molecule has 2 heterocycles. The molecule has 0 aromatic carbocycles. The third kappa shape index (κ3) is 3.56. The summed E-state index contributed by atoms with van der Waals surface area (Å²) in [6, 6.07) is 3.45. The summed E-state index contributed by atoms with van der Waals surface area (Å²) in [5.74, 6) is 0.683. The zero-order chi connectivity index (χ0) is 12.8. The average Bonchev–Trinajstić information content (AvgIpc) is 2.85. The molecular weight excluding hydrogens is 252 g/mol. The zero-order valence-corrected chi connectivity index (χ0v) is 10.6. The molecule has 0 unspecified atom stereocenters. The minimum absolute atomic E-state index is 0.123. The minimum Gasteiger partial charge on any atom is -0.416 e. The lowest BCUT2D eigenvalue weighted by atomic mass is 10.4. The lowest BCUT2D eigenvalue weighted by Gasteiger charge is -2.02. The normalized spacial score (nSPS) is 10.3. The number of nitrogens with one attached hydrogen (secondary N) is 1. The molecule has 2 aromatic heterocycles. The van der Waals surface area contributed by atoms with Crippen LogP contribution in [-0.4, -0.2) is 26.8 Å². The molecule has 0 aliphatic carbocycles. The van der Waals surface area contributed by atoms with Gasteiger partial charge in [-0.2, -0.15) is 0 Å². The van der Waals surface area contributed by atoms with Gasteiger partial charge in [0.2, 0.25) is 11.8 Å². The van der Waals surface area contributed by atoms with Crippen molar-refractivity contribution in [2.24, 2.45) is 0 Å². The van der Waals surface area contributed by atoms with Gasteiger partial charge in [-0.25, -0.2) is 0 Å². The van der Waals surface area contributed by atoms with Crippen LogP contribution in [0.5, 0.6) is 0 Å². The third-order valence-electron chi connectivity index (χ3n) is 2.04. The van der Waals surface area contributed by atoms with E-state index in [0.29, 0.717) is 17.5 Å². The molecule has 2 aromatic rings. The molecule has 1 N–H and O–H groups in total. The van der Waals surface area contributed by atoms with Gasteiger partial charge in [0.05, 0.1) is 5.75 Å². The Bertz CT molecular complexity index is 515. The van der Waals surface area contributed by atoms with E-state index in [1.54, 1.807) is 24.5 Å². The maximum absolute atomic E-state index is 11.6. The number of carbonyl (C=O) groups is 1. The Labute approximate surface area is 108 Å². The largest absolute Gasteiger partial charge is 0.416 e. The van der Waals surface area contributed by atoms with E-state index in [0.717, 1.165) is 5.69 Å². The highest BCUT2D eigenvalue weighted by Crippen LogP contribution is 2.16. The van der Waals surface area contributed by atoms with Crippen LogP contribution in [0.2, 0.25) is 0 Å². The summed E-state index contributed by atoms with van der Waals surface area (Å²) >= 11 is 1.22. The number of aryl methyl sites for hydroxylation is 1. The summed E-state index contributed by atoms with van der Waals surface area (Å²) < 4.78 is 5.28. The van der Waals surface area contributed by atoms with E-state index in [-0.39, 0.29) is 11.7 Å². The molecule has 6 nitrogen and oxygen atoms in total. The average molecular weight is 264 g/mol. The molecule has 94 valence electrons. The molecule has 0 spiro atoms. The third-order valence-corrected chi connectivity index (χ3v) is 2.86. The number of pyridine rings is 1. The van der Waals surface area contributed by atoms with E-state index < -0.39 is 0 Å². The number of aromatic nitrogens is 3. The van der Waals surface area contributed by atoms with Gasteiger partial charge in [0.1, 0.15) is 0 Å². The molecule has 1 amide bonds. The summed E-state index contributed by atoms with van der Waals surface area (Å²) in [6.45, 7) is 1.93. The van der Waals surface area contributed by atoms with Crippen LogP contribution in [0, 0.1) is 0 Å². The van der Waals surface area contributed by atoms with Crippen molar-refractivity contribution >= 4 is 23.4 Å². The first-order valence-corrected chi connectivity index (χ1v) is 6.41. The highest BCUT2D eigenvalue weighted by atomic mass is 32.2. The maximum atomic E-state index is 11.6. The number of hydrogen-bond acceptors (Lipinski definition) is 6. The van der Waals surface area contributed by atoms with Crippen molar-refractivity contribution in [1.82, 2.24) is 15.2 Å². The molecule has 0 radical (unpaired) electrons. The molecule has 0 saturated carbocycles. The van der Waals surface area contributed by atoms with Crippen molar-refractivity contribution < 1.29 is 9.21 Å². The van der Waals surface area contributed by atoms with Crippen molar-refractivity contribution in [3.8, 4) is 0 Å². The topological polar surface area (TPSA) is 80.9 Å². The van der Waals surface area contributed by atoms with Crippen LogP contribution in [0.1, 0.15) is 12.8 Å². The van der Waals surface area contributed by atoms with Gasteiger partial charge in [0.15, 0.2) is 0 Å². The summed E-state index contributed by atoms with van der Waals surface area (Å²) in [7, 11) is 0. The standard InChI is InChI=1S/C11H12N4O2S/c1-2-10-14-15-11(17-10)18-7-9(16)13-8-3-5-12-6-4-8/h3-6H,2,7H2,1H3,(H,12,13,16). The summed E-state index contributed by atoms with van der Waals surface area (Å²) in [5, 5.41) is 10.8. The van der Waals surface area contributed by atoms with Gasteiger partial charge in [-0.05, 0) is 12.1 Å². The van der Waals surface area contributed by atoms with Crippen molar-refractivity contribution in [3.63, 3.8) is 0 Å². The summed E-state index contributed by atoms with van der Waals surface area (Å²) in [4.78, 5) is 15.5. The SMILES string of the molecule is CCc1nnc(SCC(=O)Nc2ccncc2)o1. The smallest absolute Gasteiger partial charge is 0.277 e. The second-order valence-electron chi connectivity index (χ2n) is 3.39. The number of nitrogens with zero attached hydrogens (tertiary/aromatic N) is 3. The molecule has 18 heavy (non-hydrogen) atoms. The first kappa shape index (κ1) is 12.6. The molecule has 7 heteroatoms. The Kier molecular flexibility index (Phi) is 4.30. The predicted octanol–water partition coefficient (Wildman–Crippen LogP) is 1.76. The Morgan fingerprint density at radius 3 is 2.83 bits per heavy atom. The van der Waals surface area contributed by atoms with Gasteiger partial charge in [0, 0.05) is 24.5 Å². The molecule has 0 bridgehead atoms. The Hall–Kier alpha value is -1.89. The maximum Gasteiger partial charge on any atom is 0.277 e. The second kappa shape index (κ2) is 6.15. The quantitative estimate of drug-likeness (QED) is 0.829. The van der Waals surface area contributed by atoms with Crippen LogP contribution in [-0.2, 0) is 11.2 Å². The van der Waals surface area contributed by atoms with E-state index in [2.05, 4.69) is 20.5 Å². The zero-order valence-electron chi connectivity index (χ0n) is 9.79. The van der Waals surface area contributed by atoms with Crippen LogP contribution in [0.15, 0.2) is 34.2 Å². The molecule has 0 atom stereocenters. The Morgan fingerprint density at radius 2 is 2.17 bits per heavy atom. The monoisotopic (exact) mass is 264 g/mol. The number of anilines is 1. The van der Waals surface area contributed by atoms with Crippen molar-refractivity contribution in [1.29, 1.82) is 0 Å². The van der Waals surface area contributed by atoms with Crippen LogP contribution >= 0.6 is 11.8 Å².